The van der Waals surface area contributed by atoms with Crippen LogP contribution in [0.1, 0.15) is 99.6 Å². The maximum absolute atomic E-state index is 11.9. The Morgan fingerprint density at radius 1 is 0.468 bits per heavy atom. The first-order valence-corrected chi connectivity index (χ1v) is 17.7. The fraction of sp³-hybridized carbons (Fsp3) is 0.784. The highest BCUT2D eigenvalue weighted by Crippen LogP contribution is 2.28. The minimum Gasteiger partial charge on any atom is -0.378 e. The van der Waals surface area contributed by atoms with Gasteiger partial charge in [-0.15, -0.1) is 0 Å². The molecule has 0 unspecified atom stereocenters. The molecule has 10 heteroatoms. The van der Waals surface area contributed by atoms with E-state index in [4.69, 9.17) is 9.47 Å². The molecule has 0 heterocycles. The Labute approximate surface area is 284 Å². The lowest BCUT2D eigenvalue weighted by atomic mass is 9.82. The van der Waals surface area contributed by atoms with Crippen molar-refractivity contribution in [3.63, 3.8) is 0 Å². The Morgan fingerprint density at radius 3 is 1.11 bits per heavy atom. The van der Waals surface area contributed by atoms with E-state index in [1.54, 1.807) is 0 Å². The maximum atomic E-state index is 11.9. The highest BCUT2D eigenvalue weighted by Gasteiger charge is 2.33. The molecule has 0 saturated carbocycles. The van der Waals surface area contributed by atoms with Gasteiger partial charge in [0.25, 0.3) is 0 Å². The molecule has 0 aliphatic rings. The van der Waals surface area contributed by atoms with Crippen molar-refractivity contribution >= 4 is 11.4 Å². The van der Waals surface area contributed by atoms with Crippen molar-refractivity contribution in [1.82, 2.24) is 9.80 Å². The van der Waals surface area contributed by atoms with E-state index in [2.05, 4.69) is 37.5 Å². The molecule has 0 aliphatic carbocycles. The average molecular weight is 663 g/mol. The molecule has 10 nitrogen and oxygen atoms in total. The molecule has 270 valence electrons. The Kier molecular flexibility index (Phi) is 18.3. The molecule has 0 atom stereocenters. The van der Waals surface area contributed by atoms with Crippen LogP contribution in [-0.4, -0.2) is 103 Å². The smallest absolute Gasteiger partial charge is 0.249 e. The topological polar surface area (TPSA) is 99.7 Å². The van der Waals surface area contributed by atoms with Crippen molar-refractivity contribution < 1.29 is 9.47 Å². The van der Waals surface area contributed by atoms with Crippen LogP contribution in [0.25, 0.3) is 0 Å². The minimum absolute atomic E-state index is 0.294. The molecule has 0 saturated heterocycles. The van der Waals surface area contributed by atoms with Gasteiger partial charge in [0.1, 0.15) is 0 Å². The summed E-state index contributed by atoms with van der Waals surface area (Å²) in [5.41, 5.74) is 0.433. The fourth-order valence-corrected chi connectivity index (χ4v) is 5.81. The van der Waals surface area contributed by atoms with Crippen LogP contribution in [0.15, 0.2) is 19.2 Å². The molecule has 0 N–H and O–H groups in total. The van der Waals surface area contributed by atoms with Gasteiger partial charge in [-0.05, 0) is 56.3 Å². The number of hydrogen-bond donors (Lipinski definition) is 0. The van der Waals surface area contributed by atoms with Crippen LogP contribution in [0, 0.1) is 0 Å². The Hall–Kier alpha value is -2.40. The van der Waals surface area contributed by atoms with Gasteiger partial charge in [0.2, 0.25) is 21.7 Å². The number of ether oxygens (including phenoxy) is 2. The van der Waals surface area contributed by atoms with Crippen LogP contribution in [0.3, 0.4) is 0 Å². The molecule has 0 amide bonds. The molecule has 0 radical (unpaired) electrons. The lowest BCUT2D eigenvalue weighted by Crippen LogP contribution is -2.47. The van der Waals surface area contributed by atoms with Crippen LogP contribution >= 0.6 is 0 Å². The van der Waals surface area contributed by atoms with Crippen molar-refractivity contribution in [2.75, 3.05) is 103 Å². The summed E-state index contributed by atoms with van der Waals surface area (Å²) in [6.07, 6.45) is 3.46. The van der Waals surface area contributed by atoms with E-state index in [1.165, 1.54) is 0 Å². The minimum atomic E-state index is -0.363. The van der Waals surface area contributed by atoms with E-state index in [-0.39, 0.29) is 32.5 Å². The van der Waals surface area contributed by atoms with E-state index in [0.29, 0.717) is 62.0 Å². The van der Waals surface area contributed by atoms with Gasteiger partial charge in [-0.2, -0.15) is 0 Å². The van der Waals surface area contributed by atoms with E-state index < -0.39 is 0 Å². The molecule has 0 spiro atoms. The normalized spacial score (nSPS) is 12.3. The summed E-state index contributed by atoms with van der Waals surface area (Å²) in [5, 5.41) is 0. The Balaban J connectivity index is 0.000000470. The van der Waals surface area contributed by atoms with Crippen LogP contribution in [0.5, 0.6) is 0 Å². The molecule has 0 aliphatic heterocycles. The summed E-state index contributed by atoms with van der Waals surface area (Å²) in [6, 6.07) is 0. The fourth-order valence-electron chi connectivity index (χ4n) is 5.81. The van der Waals surface area contributed by atoms with E-state index in [0.717, 1.165) is 58.5 Å². The quantitative estimate of drug-likeness (QED) is 0.145. The standard InChI is InChI=1S/C19H34N2O3.C18H32N2O3/c1-7-9-21(10-8-2)12-14-24-13-11-20(6)16-15(19(3,4)5)17(22)18(16)23;1-7-9-20(8-2)11-13-23-12-10-19(6)15-14(18(3,4)5)16(21)17(15)22/h7-14H2,1-6H3;7-13H2,1-6H3. The molecule has 0 fully saturated rings. The zero-order chi connectivity index (χ0) is 35.9. The monoisotopic (exact) mass is 662 g/mol. The van der Waals surface area contributed by atoms with Crippen LogP contribution < -0.4 is 31.5 Å². The van der Waals surface area contributed by atoms with Gasteiger partial charge in [-0.25, -0.2) is 0 Å². The van der Waals surface area contributed by atoms with Gasteiger partial charge in [0.15, 0.2) is 0 Å². The second-order valence-electron chi connectivity index (χ2n) is 14.6. The summed E-state index contributed by atoms with van der Waals surface area (Å²) >= 11 is 0. The van der Waals surface area contributed by atoms with E-state index >= 15 is 0 Å². The number of nitrogens with zero attached hydrogens (tertiary/aromatic N) is 4. The van der Waals surface area contributed by atoms with Gasteiger partial charge >= 0.3 is 0 Å². The molecule has 0 aromatic heterocycles. The van der Waals surface area contributed by atoms with Gasteiger partial charge in [-0.1, -0.05) is 69.2 Å². The van der Waals surface area contributed by atoms with Crippen molar-refractivity contribution in [1.29, 1.82) is 0 Å². The zero-order valence-electron chi connectivity index (χ0n) is 31.8. The molecular formula is C37H66N4O6. The third-order valence-corrected chi connectivity index (χ3v) is 8.35. The van der Waals surface area contributed by atoms with Gasteiger partial charge in [0.05, 0.1) is 37.8 Å². The first-order chi connectivity index (χ1) is 22.0. The number of rotatable bonds is 21. The van der Waals surface area contributed by atoms with E-state index in [1.807, 2.05) is 65.4 Å². The predicted molar refractivity (Wildman–Crippen MR) is 198 cm³/mol. The van der Waals surface area contributed by atoms with Crippen LogP contribution in [0.4, 0.5) is 11.4 Å². The molecule has 0 bridgehead atoms. The lowest BCUT2D eigenvalue weighted by Gasteiger charge is -2.29. The van der Waals surface area contributed by atoms with Crippen molar-refractivity contribution in [3.05, 3.63) is 52.0 Å². The van der Waals surface area contributed by atoms with Crippen molar-refractivity contribution in [3.8, 4) is 0 Å². The molecule has 47 heavy (non-hydrogen) atoms. The summed E-state index contributed by atoms with van der Waals surface area (Å²) < 4.78 is 11.4. The maximum Gasteiger partial charge on any atom is 0.249 e. The number of likely N-dealkylation sites (N-methyl/N-ethyl adjacent to an activating group) is 3. The summed E-state index contributed by atoms with van der Waals surface area (Å²) in [4.78, 5) is 55.9. The number of anilines is 2. The van der Waals surface area contributed by atoms with Gasteiger partial charge in [-0.3, -0.25) is 19.2 Å². The summed E-state index contributed by atoms with van der Waals surface area (Å²) in [6.45, 7) is 30.5. The zero-order valence-corrected chi connectivity index (χ0v) is 31.8. The second-order valence-corrected chi connectivity index (χ2v) is 14.6. The predicted octanol–water partition coefficient (Wildman–Crippen LogP) is 3.92. The summed E-state index contributed by atoms with van der Waals surface area (Å²) in [5.74, 6) is 0. The van der Waals surface area contributed by atoms with Gasteiger partial charge < -0.3 is 29.1 Å². The third kappa shape index (κ3) is 12.9. The van der Waals surface area contributed by atoms with Crippen LogP contribution in [-0.2, 0) is 20.3 Å². The van der Waals surface area contributed by atoms with Gasteiger partial charge in [0, 0.05) is 51.4 Å². The lowest BCUT2D eigenvalue weighted by molar-refractivity contribution is 0.108. The SMILES string of the molecule is CCCN(CC)CCOCCN(C)c1c(C(C)(C)C)c(=O)c1=O.CCCN(CCC)CCOCCN(C)c1c(C(C)(C)C)c(=O)c1=O. The Morgan fingerprint density at radius 2 is 0.787 bits per heavy atom. The van der Waals surface area contributed by atoms with Crippen molar-refractivity contribution in [2.24, 2.45) is 0 Å². The first kappa shape index (κ1) is 42.6. The highest BCUT2D eigenvalue weighted by molar-refractivity contribution is 5.61. The average Bonchev–Trinajstić information content (AvgIpc) is 2.99. The summed E-state index contributed by atoms with van der Waals surface area (Å²) in [7, 11) is 3.71. The van der Waals surface area contributed by atoms with Crippen molar-refractivity contribution in [2.45, 2.75) is 99.3 Å². The Bertz CT molecular complexity index is 1320. The molecular weight excluding hydrogens is 596 g/mol. The van der Waals surface area contributed by atoms with Crippen LogP contribution in [0.2, 0.25) is 0 Å². The largest absolute Gasteiger partial charge is 0.378 e. The van der Waals surface area contributed by atoms with E-state index in [9.17, 15) is 19.2 Å². The highest BCUT2D eigenvalue weighted by atomic mass is 16.5. The molecule has 2 aromatic rings. The molecule has 2 aromatic carbocycles. The second kappa shape index (κ2) is 20.2. The molecule has 2 rings (SSSR count). The third-order valence-electron chi connectivity index (χ3n) is 8.35. The number of hydrogen-bond acceptors (Lipinski definition) is 10. The first-order valence-electron chi connectivity index (χ1n) is 17.7.